The van der Waals surface area contributed by atoms with Gasteiger partial charge in [0, 0.05) is 37.6 Å². The molecule has 1 saturated heterocycles. The second-order valence-corrected chi connectivity index (χ2v) is 7.71. The van der Waals surface area contributed by atoms with Gasteiger partial charge in [0.25, 0.3) is 5.91 Å². The Hall–Kier alpha value is -2.73. The van der Waals surface area contributed by atoms with Gasteiger partial charge in [-0.05, 0) is 49.7 Å². The van der Waals surface area contributed by atoms with Gasteiger partial charge in [-0.2, -0.15) is 0 Å². The number of aryl methyl sites for hydroxylation is 1. The first-order chi connectivity index (χ1) is 14.5. The van der Waals surface area contributed by atoms with Gasteiger partial charge < -0.3 is 19.3 Å². The third-order valence-corrected chi connectivity index (χ3v) is 5.24. The molecular formula is C23H27ClN2O4. The summed E-state index contributed by atoms with van der Waals surface area (Å²) in [6.07, 6.45) is 1.11. The zero-order valence-electron chi connectivity index (χ0n) is 17.2. The summed E-state index contributed by atoms with van der Waals surface area (Å²) in [5.41, 5.74) is 1.19. The van der Waals surface area contributed by atoms with Gasteiger partial charge >= 0.3 is 0 Å². The molecule has 1 fully saturated rings. The molecule has 1 aliphatic heterocycles. The van der Waals surface area contributed by atoms with Crippen molar-refractivity contribution in [2.75, 3.05) is 39.4 Å². The van der Waals surface area contributed by atoms with Crippen molar-refractivity contribution < 1.29 is 19.1 Å². The maximum absolute atomic E-state index is 12.4. The smallest absolute Gasteiger partial charge is 0.260 e. The number of rotatable bonds is 8. The Kier molecular flexibility index (Phi) is 7.97. The van der Waals surface area contributed by atoms with E-state index in [9.17, 15) is 9.59 Å². The van der Waals surface area contributed by atoms with Crippen LogP contribution in [-0.2, 0) is 9.59 Å². The fourth-order valence-corrected chi connectivity index (χ4v) is 3.30. The number of carbonyl (C=O) groups is 2. The highest BCUT2D eigenvalue weighted by atomic mass is 35.5. The number of carbonyl (C=O) groups excluding carboxylic acids is 2. The lowest BCUT2D eigenvalue weighted by Gasteiger charge is -2.34. The van der Waals surface area contributed by atoms with E-state index >= 15 is 0 Å². The molecule has 0 atom stereocenters. The molecule has 0 bridgehead atoms. The molecule has 0 saturated carbocycles. The van der Waals surface area contributed by atoms with E-state index in [4.69, 9.17) is 21.1 Å². The molecular weight excluding hydrogens is 404 g/mol. The van der Waals surface area contributed by atoms with Crippen molar-refractivity contribution in [1.29, 1.82) is 0 Å². The SMILES string of the molecule is Cc1ccc(OCCCC(=O)N2CCN(C(=O)COc3ccc(Cl)cc3)CC2)cc1. The molecule has 3 rings (SSSR count). The van der Waals surface area contributed by atoms with Crippen molar-refractivity contribution in [1.82, 2.24) is 9.80 Å². The van der Waals surface area contributed by atoms with E-state index < -0.39 is 0 Å². The molecule has 0 N–H and O–H groups in total. The summed E-state index contributed by atoms with van der Waals surface area (Å²) < 4.78 is 11.2. The molecule has 2 aromatic carbocycles. The number of ether oxygens (including phenoxy) is 2. The van der Waals surface area contributed by atoms with E-state index in [0.29, 0.717) is 56.4 Å². The molecule has 1 aliphatic rings. The summed E-state index contributed by atoms with van der Waals surface area (Å²) in [5.74, 6) is 1.45. The first kappa shape index (κ1) is 22.0. The van der Waals surface area contributed by atoms with Crippen LogP contribution in [-0.4, -0.2) is 61.0 Å². The van der Waals surface area contributed by atoms with Crippen LogP contribution in [0.3, 0.4) is 0 Å². The number of halogens is 1. The van der Waals surface area contributed by atoms with Crippen molar-refractivity contribution >= 4 is 23.4 Å². The number of amides is 2. The standard InChI is InChI=1S/C23H27ClN2O4/c1-18-4-8-20(9-5-18)29-16-2-3-22(27)25-12-14-26(15-13-25)23(28)17-30-21-10-6-19(24)7-11-21/h4-11H,2-3,12-17H2,1H3. The van der Waals surface area contributed by atoms with Crippen molar-refractivity contribution in [3.8, 4) is 11.5 Å². The Morgan fingerprint density at radius 2 is 1.37 bits per heavy atom. The minimum Gasteiger partial charge on any atom is -0.494 e. The summed E-state index contributed by atoms with van der Waals surface area (Å²) >= 11 is 5.84. The van der Waals surface area contributed by atoms with Crippen LogP contribution >= 0.6 is 11.6 Å². The molecule has 0 radical (unpaired) electrons. The van der Waals surface area contributed by atoms with Crippen LogP contribution in [0.25, 0.3) is 0 Å². The number of hydrogen-bond acceptors (Lipinski definition) is 4. The molecule has 6 nitrogen and oxygen atoms in total. The summed E-state index contributed by atoms with van der Waals surface area (Å²) in [7, 11) is 0. The van der Waals surface area contributed by atoms with E-state index in [1.54, 1.807) is 29.2 Å². The topological polar surface area (TPSA) is 59.1 Å². The zero-order chi connectivity index (χ0) is 21.3. The lowest BCUT2D eigenvalue weighted by molar-refractivity contribution is -0.140. The van der Waals surface area contributed by atoms with E-state index in [2.05, 4.69) is 0 Å². The molecule has 0 aromatic heterocycles. The van der Waals surface area contributed by atoms with Crippen molar-refractivity contribution in [2.45, 2.75) is 19.8 Å². The summed E-state index contributed by atoms with van der Waals surface area (Å²) in [6, 6.07) is 14.8. The average Bonchev–Trinajstić information content (AvgIpc) is 2.77. The number of benzene rings is 2. The lowest BCUT2D eigenvalue weighted by Crippen LogP contribution is -2.51. The Morgan fingerprint density at radius 3 is 2.00 bits per heavy atom. The Labute approximate surface area is 182 Å². The van der Waals surface area contributed by atoms with Gasteiger partial charge in [-0.15, -0.1) is 0 Å². The van der Waals surface area contributed by atoms with E-state index in [1.807, 2.05) is 36.1 Å². The minimum absolute atomic E-state index is 0.0219. The van der Waals surface area contributed by atoms with Crippen LogP contribution in [0.2, 0.25) is 5.02 Å². The maximum Gasteiger partial charge on any atom is 0.260 e. The number of nitrogens with zero attached hydrogens (tertiary/aromatic N) is 2. The lowest BCUT2D eigenvalue weighted by atomic mass is 10.2. The quantitative estimate of drug-likeness (QED) is 0.601. The molecule has 2 amide bonds. The molecule has 0 spiro atoms. The van der Waals surface area contributed by atoms with Gasteiger partial charge in [-0.25, -0.2) is 0 Å². The number of hydrogen-bond donors (Lipinski definition) is 0. The molecule has 0 aliphatic carbocycles. The maximum atomic E-state index is 12.4. The van der Waals surface area contributed by atoms with Crippen LogP contribution < -0.4 is 9.47 Å². The zero-order valence-corrected chi connectivity index (χ0v) is 17.9. The van der Waals surface area contributed by atoms with Crippen molar-refractivity contribution in [3.05, 3.63) is 59.1 Å². The van der Waals surface area contributed by atoms with E-state index in [0.717, 1.165) is 5.75 Å². The monoisotopic (exact) mass is 430 g/mol. The largest absolute Gasteiger partial charge is 0.494 e. The van der Waals surface area contributed by atoms with Gasteiger partial charge in [-0.1, -0.05) is 29.3 Å². The summed E-state index contributed by atoms with van der Waals surface area (Å²) in [4.78, 5) is 28.3. The average molecular weight is 431 g/mol. The molecule has 160 valence electrons. The van der Waals surface area contributed by atoms with Crippen LogP contribution in [0.4, 0.5) is 0 Å². The first-order valence-corrected chi connectivity index (χ1v) is 10.5. The highest BCUT2D eigenvalue weighted by Crippen LogP contribution is 2.16. The van der Waals surface area contributed by atoms with Crippen LogP contribution in [0.15, 0.2) is 48.5 Å². The molecule has 2 aromatic rings. The first-order valence-electron chi connectivity index (χ1n) is 10.1. The van der Waals surface area contributed by atoms with Gasteiger partial charge in [0.1, 0.15) is 11.5 Å². The van der Waals surface area contributed by atoms with Gasteiger partial charge in [0.05, 0.1) is 6.61 Å². The van der Waals surface area contributed by atoms with Crippen molar-refractivity contribution in [3.63, 3.8) is 0 Å². The van der Waals surface area contributed by atoms with Crippen molar-refractivity contribution in [2.24, 2.45) is 0 Å². The molecule has 1 heterocycles. The predicted molar refractivity (Wildman–Crippen MR) is 116 cm³/mol. The summed E-state index contributed by atoms with van der Waals surface area (Å²) in [6.45, 7) is 4.65. The molecule has 7 heteroatoms. The fraction of sp³-hybridized carbons (Fsp3) is 0.391. The normalized spacial score (nSPS) is 13.8. The molecule has 30 heavy (non-hydrogen) atoms. The Bertz CT molecular complexity index is 831. The van der Waals surface area contributed by atoms with Gasteiger partial charge in [0.2, 0.25) is 5.91 Å². The highest BCUT2D eigenvalue weighted by Gasteiger charge is 2.24. The van der Waals surface area contributed by atoms with Gasteiger partial charge in [-0.3, -0.25) is 9.59 Å². The fourth-order valence-electron chi connectivity index (χ4n) is 3.18. The minimum atomic E-state index is -0.0800. The Morgan fingerprint density at radius 1 is 0.833 bits per heavy atom. The third-order valence-electron chi connectivity index (χ3n) is 4.99. The second kappa shape index (κ2) is 10.9. The van der Waals surface area contributed by atoms with Gasteiger partial charge in [0.15, 0.2) is 6.61 Å². The van der Waals surface area contributed by atoms with Crippen LogP contribution in [0.1, 0.15) is 18.4 Å². The number of piperazine rings is 1. The Balaban J connectivity index is 1.32. The van der Waals surface area contributed by atoms with E-state index in [1.165, 1.54) is 5.56 Å². The summed E-state index contributed by atoms with van der Waals surface area (Å²) in [5, 5.41) is 0.621. The van der Waals surface area contributed by atoms with E-state index in [-0.39, 0.29) is 18.4 Å². The third kappa shape index (κ3) is 6.66. The highest BCUT2D eigenvalue weighted by molar-refractivity contribution is 6.30. The molecule has 0 unspecified atom stereocenters. The van der Waals surface area contributed by atoms with Crippen LogP contribution in [0, 0.1) is 6.92 Å². The predicted octanol–water partition coefficient (Wildman–Crippen LogP) is 3.56. The second-order valence-electron chi connectivity index (χ2n) is 7.27. The van der Waals surface area contributed by atoms with Crippen LogP contribution in [0.5, 0.6) is 11.5 Å².